The lowest BCUT2D eigenvalue weighted by Gasteiger charge is -2.35. The van der Waals surface area contributed by atoms with Gasteiger partial charge in [-0.1, -0.05) is 12.1 Å². The minimum absolute atomic E-state index is 0.132. The van der Waals surface area contributed by atoms with Crippen molar-refractivity contribution in [1.82, 2.24) is 15.2 Å². The first-order valence-corrected chi connectivity index (χ1v) is 9.44. The number of fused-ring (bicyclic) bond motifs is 1. The molecule has 1 amide bonds. The van der Waals surface area contributed by atoms with Crippen LogP contribution in [0.3, 0.4) is 0 Å². The highest BCUT2D eigenvalue weighted by Crippen LogP contribution is 2.32. The summed E-state index contributed by atoms with van der Waals surface area (Å²) in [7, 11) is 0. The first-order chi connectivity index (χ1) is 13.7. The van der Waals surface area contributed by atoms with Gasteiger partial charge in [0, 0.05) is 45.5 Å². The summed E-state index contributed by atoms with van der Waals surface area (Å²) in [6, 6.07) is 9.87. The van der Waals surface area contributed by atoms with E-state index in [2.05, 4.69) is 38.8 Å². The van der Waals surface area contributed by atoms with Gasteiger partial charge in [-0.3, -0.25) is 9.69 Å². The Hall–Kier alpha value is -3.06. The molecule has 0 atom stereocenters. The minimum atomic E-state index is -0.132. The summed E-state index contributed by atoms with van der Waals surface area (Å²) in [5.41, 5.74) is 1.79. The van der Waals surface area contributed by atoms with Crippen LogP contribution < -0.4 is 19.7 Å². The van der Waals surface area contributed by atoms with Crippen LogP contribution in [0.2, 0.25) is 0 Å². The largest absolute Gasteiger partial charge is 0.454 e. The van der Waals surface area contributed by atoms with Gasteiger partial charge >= 0.3 is 0 Å². The summed E-state index contributed by atoms with van der Waals surface area (Å²) < 4.78 is 10.8. The second kappa shape index (κ2) is 8.31. The van der Waals surface area contributed by atoms with Crippen molar-refractivity contribution in [3.05, 3.63) is 60.3 Å². The average molecular weight is 380 g/mol. The second-order valence-corrected chi connectivity index (χ2v) is 6.85. The lowest BCUT2D eigenvalue weighted by atomic mass is 10.1. The number of nitrogens with zero attached hydrogens (tertiary/aromatic N) is 3. The van der Waals surface area contributed by atoms with Crippen molar-refractivity contribution in [3.8, 4) is 11.5 Å². The van der Waals surface area contributed by atoms with Gasteiger partial charge in [-0.25, -0.2) is 4.98 Å². The zero-order valence-electron chi connectivity index (χ0n) is 15.8. The number of amides is 1. The number of pyridine rings is 1. The molecule has 2 aliphatic heterocycles. The molecular weight excluding hydrogens is 356 g/mol. The topological polar surface area (TPSA) is 66.9 Å². The Bertz CT molecular complexity index is 845. The average Bonchev–Trinajstić information content (AvgIpc) is 3.20. The van der Waals surface area contributed by atoms with Crippen molar-refractivity contribution in [2.75, 3.05) is 44.4 Å². The predicted octanol–water partition coefficient (Wildman–Crippen LogP) is 2.05. The number of nitrogens with one attached hydrogen (secondary N) is 1. The maximum absolute atomic E-state index is 11.9. The summed E-state index contributed by atoms with van der Waals surface area (Å²) in [5, 5.41) is 2.76. The molecule has 0 aliphatic carbocycles. The van der Waals surface area contributed by atoms with Crippen LogP contribution in [0.1, 0.15) is 15.9 Å². The quantitative estimate of drug-likeness (QED) is 0.774. The van der Waals surface area contributed by atoms with E-state index in [1.54, 1.807) is 12.3 Å². The summed E-state index contributed by atoms with van der Waals surface area (Å²) in [5.74, 6) is 2.43. The van der Waals surface area contributed by atoms with Crippen molar-refractivity contribution in [2.24, 2.45) is 0 Å². The van der Waals surface area contributed by atoms with Crippen LogP contribution in [-0.2, 0) is 6.54 Å². The van der Waals surface area contributed by atoms with Crippen LogP contribution in [-0.4, -0.2) is 55.3 Å². The van der Waals surface area contributed by atoms with E-state index in [1.165, 1.54) is 5.56 Å². The molecule has 2 aromatic rings. The molecule has 28 heavy (non-hydrogen) atoms. The molecule has 146 valence electrons. The molecule has 7 heteroatoms. The first-order valence-electron chi connectivity index (χ1n) is 9.44. The number of hydrogen-bond acceptors (Lipinski definition) is 6. The number of aromatic nitrogens is 1. The fourth-order valence-electron chi connectivity index (χ4n) is 3.41. The van der Waals surface area contributed by atoms with Gasteiger partial charge in [-0.05, 0) is 29.8 Å². The van der Waals surface area contributed by atoms with Crippen molar-refractivity contribution in [3.63, 3.8) is 0 Å². The van der Waals surface area contributed by atoms with Gasteiger partial charge in [0.15, 0.2) is 11.5 Å². The highest BCUT2D eigenvalue weighted by molar-refractivity contribution is 5.94. The van der Waals surface area contributed by atoms with Gasteiger partial charge in [0.05, 0.1) is 5.56 Å². The fraction of sp³-hybridized carbons (Fsp3) is 0.333. The Labute approximate surface area is 164 Å². The SMILES string of the molecule is C=CCNC(=O)c1ccc(N2CCN(Cc3ccc4c(c3)OCO4)CC2)nc1. The molecular formula is C21H24N4O3. The third-order valence-electron chi connectivity index (χ3n) is 4.96. The highest BCUT2D eigenvalue weighted by atomic mass is 16.7. The van der Waals surface area contributed by atoms with Gasteiger partial charge in [0.25, 0.3) is 5.91 Å². The Morgan fingerprint density at radius 1 is 1.14 bits per heavy atom. The van der Waals surface area contributed by atoms with Gasteiger partial charge in [0.2, 0.25) is 6.79 Å². The molecule has 0 spiro atoms. The number of ether oxygens (including phenoxy) is 2. The molecule has 1 N–H and O–H groups in total. The Morgan fingerprint density at radius 2 is 1.96 bits per heavy atom. The van der Waals surface area contributed by atoms with Crippen LogP contribution in [0.25, 0.3) is 0 Å². The van der Waals surface area contributed by atoms with Gasteiger partial charge in [-0.15, -0.1) is 6.58 Å². The molecule has 4 rings (SSSR count). The van der Waals surface area contributed by atoms with Crippen LogP contribution >= 0.6 is 0 Å². The molecule has 0 unspecified atom stereocenters. The predicted molar refractivity (Wildman–Crippen MR) is 107 cm³/mol. The number of carbonyl (C=O) groups is 1. The molecule has 1 saturated heterocycles. The summed E-state index contributed by atoms with van der Waals surface area (Å²) in [6.45, 7) is 8.96. The van der Waals surface area contributed by atoms with E-state index in [1.807, 2.05) is 18.2 Å². The lowest BCUT2D eigenvalue weighted by molar-refractivity contribution is 0.0957. The zero-order valence-corrected chi connectivity index (χ0v) is 15.8. The van der Waals surface area contributed by atoms with E-state index in [0.29, 0.717) is 18.9 Å². The maximum Gasteiger partial charge on any atom is 0.253 e. The zero-order chi connectivity index (χ0) is 19.3. The van der Waals surface area contributed by atoms with Crippen LogP contribution in [0, 0.1) is 0 Å². The van der Waals surface area contributed by atoms with Gasteiger partial charge < -0.3 is 19.7 Å². The van der Waals surface area contributed by atoms with E-state index in [4.69, 9.17) is 9.47 Å². The van der Waals surface area contributed by atoms with E-state index in [9.17, 15) is 4.79 Å². The number of rotatable bonds is 6. The molecule has 1 aromatic heterocycles. The molecule has 1 aromatic carbocycles. The Morgan fingerprint density at radius 3 is 2.71 bits per heavy atom. The standard InChI is InChI=1S/C21H24N4O3/c1-2-7-22-21(26)17-4-6-20(23-13-17)25-10-8-24(9-11-25)14-16-3-5-18-19(12-16)28-15-27-18/h2-6,12-13H,1,7-11,14-15H2,(H,22,26). The number of anilines is 1. The van der Waals surface area contributed by atoms with Crippen LogP contribution in [0.5, 0.6) is 11.5 Å². The maximum atomic E-state index is 11.9. The monoisotopic (exact) mass is 380 g/mol. The van der Waals surface area contributed by atoms with Crippen LogP contribution in [0.4, 0.5) is 5.82 Å². The number of piperazine rings is 1. The number of hydrogen-bond donors (Lipinski definition) is 1. The minimum Gasteiger partial charge on any atom is -0.454 e. The summed E-state index contributed by atoms with van der Waals surface area (Å²) in [4.78, 5) is 21.1. The summed E-state index contributed by atoms with van der Waals surface area (Å²) >= 11 is 0. The molecule has 0 bridgehead atoms. The molecule has 7 nitrogen and oxygen atoms in total. The molecule has 0 radical (unpaired) electrons. The van der Waals surface area contributed by atoms with Crippen molar-refractivity contribution < 1.29 is 14.3 Å². The van der Waals surface area contributed by atoms with E-state index in [0.717, 1.165) is 50.0 Å². The van der Waals surface area contributed by atoms with Gasteiger partial charge in [-0.2, -0.15) is 0 Å². The third-order valence-corrected chi connectivity index (χ3v) is 4.96. The normalized spacial score (nSPS) is 16.1. The molecule has 0 saturated carbocycles. The summed E-state index contributed by atoms with van der Waals surface area (Å²) in [6.07, 6.45) is 3.29. The molecule has 2 aliphatic rings. The van der Waals surface area contributed by atoms with E-state index >= 15 is 0 Å². The van der Waals surface area contributed by atoms with E-state index in [-0.39, 0.29) is 5.91 Å². The van der Waals surface area contributed by atoms with Crippen molar-refractivity contribution in [1.29, 1.82) is 0 Å². The smallest absolute Gasteiger partial charge is 0.253 e. The number of benzene rings is 1. The first kappa shape index (κ1) is 18.3. The van der Waals surface area contributed by atoms with Crippen molar-refractivity contribution >= 4 is 11.7 Å². The Balaban J connectivity index is 1.30. The second-order valence-electron chi connectivity index (χ2n) is 6.85. The lowest BCUT2D eigenvalue weighted by Crippen LogP contribution is -2.46. The highest BCUT2D eigenvalue weighted by Gasteiger charge is 2.20. The fourth-order valence-corrected chi connectivity index (χ4v) is 3.41. The Kier molecular flexibility index (Phi) is 5.43. The van der Waals surface area contributed by atoms with Crippen molar-refractivity contribution in [2.45, 2.75) is 6.54 Å². The van der Waals surface area contributed by atoms with Gasteiger partial charge in [0.1, 0.15) is 5.82 Å². The van der Waals surface area contributed by atoms with E-state index < -0.39 is 0 Å². The molecule has 1 fully saturated rings. The number of carbonyl (C=O) groups excluding carboxylic acids is 1. The third kappa shape index (κ3) is 4.09. The van der Waals surface area contributed by atoms with Crippen LogP contribution in [0.15, 0.2) is 49.2 Å². The molecule has 3 heterocycles.